The van der Waals surface area contributed by atoms with Gasteiger partial charge < -0.3 is 14.8 Å². The zero-order valence-electron chi connectivity index (χ0n) is 20.5. The summed E-state index contributed by atoms with van der Waals surface area (Å²) >= 11 is 0. The minimum atomic E-state index is -0.341. The summed E-state index contributed by atoms with van der Waals surface area (Å²) in [7, 11) is 1.70. The first-order valence-corrected chi connectivity index (χ1v) is 11.3. The summed E-state index contributed by atoms with van der Waals surface area (Å²) in [5.74, 6) is 0.389. The second kappa shape index (κ2) is 11.3. The van der Waals surface area contributed by atoms with Crippen LogP contribution in [0.4, 0.5) is 0 Å². The van der Waals surface area contributed by atoms with Gasteiger partial charge >= 0.3 is 0 Å². The van der Waals surface area contributed by atoms with Gasteiger partial charge in [0.15, 0.2) is 5.78 Å². The zero-order chi connectivity index (χ0) is 23.9. The molecule has 0 saturated heterocycles. The van der Waals surface area contributed by atoms with Gasteiger partial charge in [-0.2, -0.15) is 5.10 Å². The number of carbonyl (C=O) groups is 2. The van der Waals surface area contributed by atoms with E-state index in [1.807, 2.05) is 46.8 Å². The lowest BCUT2D eigenvalue weighted by Crippen LogP contribution is -2.31. The summed E-state index contributed by atoms with van der Waals surface area (Å²) in [5.41, 5.74) is 3.27. The predicted octanol–water partition coefficient (Wildman–Crippen LogP) is 4.01. The SMILES string of the molecule is CCOCCc1ccc(OCCNC(=O)c2c(C(=O)CC)c(C(C)(C)C)nn2C)c(C)c1. The van der Waals surface area contributed by atoms with E-state index in [0.29, 0.717) is 43.1 Å². The summed E-state index contributed by atoms with van der Waals surface area (Å²) in [5, 5.41) is 7.35. The van der Waals surface area contributed by atoms with Crippen molar-refractivity contribution < 1.29 is 19.1 Å². The van der Waals surface area contributed by atoms with Crippen LogP contribution in [-0.2, 0) is 23.6 Å². The Morgan fingerprint density at radius 3 is 2.47 bits per heavy atom. The normalized spacial score (nSPS) is 11.5. The Labute approximate surface area is 191 Å². The highest BCUT2D eigenvalue weighted by atomic mass is 16.5. The zero-order valence-corrected chi connectivity index (χ0v) is 20.5. The second-order valence-electron chi connectivity index (χ2n) is 8.87. The number of aromatic nitrogens is 2. The van der Waals surface area contributed by atoms with Crippen molar-refractivity contribution in [3.8, 4) is 5.75 Å². The molecule has 32 heavy (non-hydrogen) atoms. The number of benzene rings is 1. The van der Waals surface area contributed by atoms with Gasteiger partial charge in [0.1, 0.15) is 18.1 Å². The fourth-order valence-electron chi connectivity index (χ4n) is 3.52. The topological polar surface area (TPSA) is 82.4 Å². The van der Waals surface area contributed by atoms with Gasteiger partial charge in [0, 0.05) is 25.5 Å². The van der Waals surface area contributed by atoms with Crippen LogP contribution in [0.5, 0.6) is 5.75 Å². The Hall–Kier alpha value is -2.67. The highest BCUT2D eigenvalue weighted by molar-refractivity contribution is 6.08. The van der Waals surface area contributed by atoms with Gasteiger partial charge in [-0.25, -0.2) is 0 Å². The van der Waals surface area contributed by atoms with Crippen LogP contribution < -0.4 is 10.1 Å². The molecule has 176 valence electrons. The summed E-state index contributed by atoms with van der Waals surface area (Å²) in [6.07, 6.45) is 1.18. The summed E-state index contributed by atoms with van der Waals surface area (Å²) in [6, 6.07) is 6.08. The van der Waals surface area contributed by atoms with Gasteiger partial charge in [-0.05, 0) is 37.5 Å². The van der Waals surface area contributed by atoms with Crippen molar-refractivity contribution >= 4 is 11.7 Å². The Kier molecular flexibility index (Phi) is 9.01. The number of rotatable bonds is 11. The molecule has 1 aromatic carbocycles. The third-order valence-electron chi connectivity index (χ3n) is 5.20. The molecule has 0 saturated carbocycles. The number of hydrogen-bond donors (Lipinski definition) is 1. The number of ketones is 1. The number of Topliss-reactive ketones (excluding diaryl/α,β-unsaturated/α-hetero) is 1. The van der Waals surface area contributed by atoms with Crippen molar-refractivity contribution in [2.75, 3.05) is 26.4 Å². The number of nitrogens with zero attached hydrogens (tertiary/aromatic N) is 2. The van der Waals surface area contributed by atoms with Crippen LogP contribution in [0, 0.1) is 6.92 Å². The van der Waals surface area contributed by atoms with Gasteiger partial charge in [-0.15, -0.1) is 0 Å². The molecule has 0 aliphatic heterocycles. The van der Waals surface area contributed by atoms with E-state index in [1.165, 1.54) is 10.2 Å². The molecule has 0 fully saturated rings. The summed E-state index contributed by atoms with van der Waals surface area (Å²) < 4.78 is 12.8. The molecule has 7 nitrogen and oxygen atoms in total. The van der Waals surface area contributed by atoms with Crippen molar-refractivity contribution in [3.63, 3.8) is 0 Å². The molecular formula is C25H37N3O4. The minimum absolute atomic E-state index is 0.0792. The van der Waals surface area contributed by atoms with E-state index < -0.39 is 0 Å². The third kappa shape index (κ3) is 6.42. The molecule has 1 N–H and O–H groups in total. The second-order valence-corrected chi connectivity index (χ2v) is 8.87. The third-order valence-corrected chi connectivity index (χ3v) is 5.20. The number of nitrogens with one attached hydrogen (secondary N) is 1. The van der Waals surface area contributed by atoms with E-state index in [-0.39, 0.29) is 17.1 Å². The van der Waals surface area contributed by atoms with Crippen molar-refractivity contribution in [2.45, 2.75) is 59.8 Å². The van der Waals surface area contributed by atoms with E-state index in [0.717, 1.165) is 24.3 Å². The van der Waals surface area contributed by atoms with Crippen LogP contribution in [0.25, 0.3) is 0 Å². The molecule has 0 radical (unpaired) electrons. The van der Waals surface area contributed by atoms with Crippen LogP contribution >= 0.6 is 0 Å². The molecule has 0 unspecified atom stereocenters. The Bertz CT molecular complexity index is 941. The standard InChI is InChI=1S/C25H37N3O4/c1-8-19(29)21-22(28(7)27-23(21)25(4,5)6)24(30)26-13-15-32-20-11-10-18(16-17(20)3)12-14-31-9-2/h10-11,16H,8-9,12-15H2,1-7H3,(H,26,30). The smallest absolute Gasteiger partial charge is 0.270 e. The Morgan fingerprint density at radius 2 is 1.88 bits per heavy atom. The molecule has 2 aromatic rings. The number of hydrogen-bond acceptors (Lipinski definition) is 5. The first-order valence-electron chi connectivity index (χ1n) is 11.3. The lowest BCUT2D eigenvalue weighted by molar-refractivity contribution is 0.0920. The van der Waals surface area contributed by atoms with Crippen molar-refractivity contribution in [2.24, 2.45) is 7.05 Å². The van der Waals surface area contributed by atoms with E-state index in [1.54, 1.807) is 14.0 Å². The van der Waals surface area contributed by atoms with Crippen LogP contribution in [0.1, 0.15) is 78.7 Å². The number of ether oxygens (including phenoxy) is 2. The maximum atomic E-state index is 12.9. The fraction of sp³-hybridized carbons (Fsp3) is 0.560. The van der Waals surface area contributed by atoms with Crippen LogP contribution in [-0.4, -0.2) is 47.8 Å². The average molecular weight is 444 g/mol. The monoisotopic (exact) mass is 443 g/mol. The van der Waals surface area contributed by atoms with Crippen LogP contribution in [0.3, 0.4) is 0 Å². The van der Waals surface area contributed by atoms with Crippen molar-refractivity contribution in [1.82, 2.24) is 15.1 Å². The maximum absolute atomic E-state index is 12.9. The number of carbonyl (C=O) groups excluding carboxylic acids is 2. The molecule has 2 rings (SSSR count). The van der Waals surface area contributed by atoms with Crippen LogP contribution in [0.2, 0.25) is 0 Å². The number of aryl methyl sites for hydroxylation is 2. The van der Waals surface area contributed by atoms with Gasteiger partial charge in [0.05, 0.1) is 24.4 Å². The van der Waals surface area contributed by atoms with E-state index >= 15 is 0 Å². The molecule has 1 aromatic heterocycles. The lowest BCUT2D eigenvalue weighted by Gasteiger charge is -2.17. The van der Waals surface area contributed by atoms with E-state index in [4.69, 9.17) is 9.47 Å². The molecule has 0 aliphatic carbocycles. The Morgan fingerprint density at radius 1 is 1.16 bits per heavy atom. The van der Waals surface area contributed by atoms with Gasteiger partial charge in [0.2, 0.25) is 0 Å². The molecule has 0 spiro atoms. The molecule has 0 atom stereocenters. The van der Waals surface area contributed by atoms with Gasteiger partial charge in [-0.3, -0.25) is 14.3 Å². The predicted molar refractivity (Wildman–Crippen MR) is 126 cm³/mol. The van der Waals surface area contributed by atoms with E-state index in [2.05, 4.69) is 16.5 Å². The maximum Gasteiger partial charge on any atom is 0.270 e. The summed E-state index contributed by atoms with van der Waals surface area (Å²) in [6.45, 7) is 13.8. The Balaban J connectivity index is 2.01. The molecular weight excluding hydrogens is 406 g/mol. The van der Waals surface area contributed by atoms with Gasteiger partial charge in [-0.1, -0.05) is 39.8 Å². The lowest BCUT2D eigenvalue weighted by atomic mass is 9.87. The van der Waals surface area contributed by atoms with Gasteiger partial charge in [0.25, 0.3) is 5.91 Å². The molecule has 0 bridgehead atoms. The fourth-order valence-corrected chi connectivity index (χ4v) is 3.52. The molecule has 1 heterocycles. The average Bonchev–Trinajstić information content (AvgIpc) is 3.09. The van der Waals surface area contributed by atoms with Crippen molar-refractivity contribution in [3.05, 3.63) is 46.3 Å². The first-order chi connectivity index (χ1) is 15.1. The van der Waals surface area contributed by atoms with Crippen molar-refractivity contribution in [1.29, 1.82) is 0 Å². The molecule has 7 heteroatoms. The quantitative estimate of drug-likeness (QED) is 0.419. The summed E-state index contributed by atoms with van der Waals surface area (Å²) in [4.78, 5) is 25.5. The highest BCUT2D eigenvalue weighted by Crippen LogP contribution is 2.28. The number of amides is 1. The minimum Gasteiger partial charge on any atom is -0.491 e. The molecule has 0 aliphatic rings. The van der Waals surface area contributed by atoms with Crippen LogP contribution in [0.15, 0.2) is 18.2 Å². The first kappa shape index (κ1) is 25.6. The van der Waals surface area contributed by atoms with E-state index in [9.17, 15) is 9.59 Å². The highest BCUT2D eigenvalue weighted by Gasteiger charge is 2.31. The molecule has 1 amide bonds. The largest absolute Gasteiger partial charge is 0.491 e.